The van der Waals surface area contributed by atoms with E-state index in [0.717, 1.165) is 32.7 Å². The Balaban J connectivity index is 2.10. The molecule has 4 nitrogen and oxygen atoms in total. The highest BCUT2D eigenvalue weighted by molar-refractivity contribution is 9.10. The van der Waals surface area contributed by atoms with Gasteiger partial charge in [-0.15, -0.1) is 0 Å². The summed E-state index contributed by atoms with van der Waals surface area (Å²) in [5.41, 5.74) is 9.34. The van der Waals surface area contributed by atoms with Crippen molar-refractivity contribution in [3.63, 3.8) is 0 Å². The van der Waals surface area contributed by atoms with Crippen molar-refractivity contribution in [2.24, 2.45) is 0 Å². The van der Waals surface area contributed by atoms with Crippen LogP contribution in [-0.2, 0) is 0 Å². The SMILES string of the molecule is COc1cccc(-c2cc(-c3cccc(Br)c3)nc(N)n2)c1. The van der Waals surface area contributed by atoms with Crippen molar-refractivity contribution in [1.82, 2.24) is 9.97 Å². The lowest BCUT2D eigenvalue weighted by Gasteiger charge is -2.08. The highest BCUT2D eigenvalue weighted by Crippen LogP contribution is 2.27. The van der Waals surface area contributed by atoms with E-state index < -0.39 is 0 Å². The van der Waals surface area contributed by atoms with Crippen LogP contribution in [-0.4, -0.2) is 17.1 Å². The minimum Gasteiger partial charge on any atom is -0.497 e. The Morgan fingerprint density at radius 2 is 1.55 bits per heavy atom. The first-order valence-corrected chi connectivity index (χ1v) is 7.50. The lowest BCUT2D eigenvalue weighted by atomic mass is 10.1. The lowest BCUT2D eigenvalue weighted by molar-refractivity contribution is 0.415. The summed E-state index contributed by atoms with van der Waals surface area (Å²) in [6.07, 6.45) is 0. The van der Waals surface area contributed by atoms with Gasteiger partial charge in [-0.2, -0.15) is 0 Å². The molecule has 1 aromatic heterocycles. The Morgan fingerprint density at radius 3 is 2.18 bits per heavy atom. The lowest BCUT2D eigenvalue weighted by Crippen LogP contribution is -1.98. The zero-order valence-corrected chi connectivity index (χ0v) is 13.5. The Kier molecular flexibility index (Phi) is 4.06. The number of ether oxygens (including phenoxy) is 1. The quantitative estimate of drug-likeness (QED) is 0.765. The smallest absolute Gasteiger partial charge is 0.221 e. The summed E-state index contributed by atoms with van der Waals surface area (Å²) in [6.45, 7) is 0. The number of benzene rings is 2. The molecule has 0 atom stereocenters. The van der Waals surface area contributed by atoms with Crippen molar-refractivity contribution in [2.45, 2.75) is 0 Å². The number of rotatable bonds is 3. The number of hydrogen-bond acceptors (Lipinski definition) is 4. The summed E-state index contributed by atoms with van der Waals surface area (Å²) in [4.78, 5) is 8.65. The predicted molar refractivity (Wildman–Crippen MR) is 91.6 cm³/mol. The largest absolute Gasteiger partial charge is 0.497 e. The zero-order valence-electron chi connectivity index (χ0n) is 12.0. The number of aromatic nitrogens is 2. The first-order valence-electron chi connectivity index (χ1n) is 6.70. The Labute approximate surface area is 137 Å². The van der Waals surface area contributed by atoms with Gasteiger partial charge in [-0.3, -0.25) is 0 Å². The molecular weight excluding hydrogens is 342 g/mol. The van der Waals surface area contributed by atoms with Crippen LogP contribution in [0, 0.1) is 0 Å². The maximum absolute atomic E-state index is 5.88. The fraction of sp³-hybridized carbons (Fsp3) is 0.0588. The van der Waals surface area contributed by atoms with Gasteiger partial charge in [0.25, 0.3) is 0 Å². The van der Waals surface area contributed by atoms with Crippen LogP contribution in [0.15, 0.2) is 59.1 Å². The molecular formula is C17H14BrN3O. The molecule has 5 heteroatoms. The van der Waals surface area contributed by atoms with Gasteiger partial charge in [-0.1, -0.05) is 40.2 Å². The first-order chi connectivity index (χ1) is 10.7. The van der Waals surface area contributed by atoms with E-state index in [9.17, 15) is 0 Å². The predicted octanol–water partition coefficient (Wildman–Crippen LogP) is 4.16. The molecule has 3 aromatic rings. The summed E-state index contributed by atoms with van der Waals surface area (Å²) >= 11 is 3.47. The third-order valence-corrected chi connectivity index (χ3v) is 3.72. The number of anilines is 1. The van der Waals surface area contributed by atoms with Crippen molar-refractivity contribution in [3.8, 4) is 28.3 Å². The fourth-order valence-electron chi connectivity index (χ4n) is 2.19. The van der Waals surface area contributed by atoms with Crippen molar-refractivity contribution in [2.75, 3.05) is 12.8 Å². The average molecular weight is 356 g/mol. The highest BCUT2D eigenvalue weighted by atomic mass is 79.9. The van der Waals surface area contributed by atoms with Crippen molar-refractivity contribution < 1.29 is 4.74 Å². The summed E-state index contributed by atoms with van der Waals surface area (Å²) in [5, 5.41) is 0. The van der Waals surface area contributed by atoms with E-state index in [1.54, 1.807) is 7.11 Å². The Hall–Kier alpha value is -2.40. The summed E-state index contributed by atoms with van der Waals surface area (Å²) < 4.78 is 6.25. The van der Waals surface area contributed by atoms with Crippen LogP contribution in [0.5, 0.6) is 5.75 Å². The monoisotopic (exact) mass is 355 g/mol. The van der Waals surface area contributed by atoms with Crippen LogP contribution in [0.25, 0.3) is 22.5 Å². The number of hydrogen-bond donors (Lipinski definition) is 1. The molecule has 0 aliphatic carbocycles. The van der Waals surface area contributed by atoms with E-state index in [2.05, 4.69) is 25.9 Å². The van der Waals surface area contributed by atoms with E-state index in [-0.39, 0.29) is 5.95 Å². The highest BCUT2D eigenvalue weighted by Gasteiger charge is 2.08. The maximum Gasteiger partial charge on any atom is 0.221 e. The second-order valence-corrected chi connectivity index (χ2v) is 5.65. The number of nitrogens with zero attached hydrogens (tertiary/aromatic N) is 2. The molecule has 0 fully saturated rings. The number of nitrogens with two attached hydrogens (primary N) is 1. The molecule has 0 unspecified atom stereocenters. The molecule has 0 spiro atoms. The van der Waals surface area contributed by atoms with E-state index in [1.165, 1.54) is 0 Å². The number of methoxy groups -OCH3 is 1. The van der Waals surface area contributed by atoms with Crippen LogP contribution < -0.4 is 10.5 Å². The van der Waals surface area contributed by atoms with Gasteiger partial charge in [0.1, 0.15) is 5.75 Å². The van der Waals surface area contributed by atoms with Gasteiger partial charge < -0.3 is 10.5 Å². The van der Waals surface area contributed by atoms with Crippen LogP contribution in [0.1, 0.15) is 0 Å². The summed E-state index contributed by atoms with van der Waals surface area (Å²) in [5.74, 6) is 1.02. The topological polar surface area (TPSA) is 61.0 Å². The van der Waals surface area contributed by atoms with Crippen LogP contribution in [0.3, 0.4) is 0 Å². The first kappa shape index (κ1) is 14.5. The van der Waals surface area contributed by atoms with Crippen molar-refractivity contribution in [1.29, 1.82) is 0 Å². The molecule has 0 amide bonds. The Bertz CT molecular complexity index is 821. The molecule has 0 aliphatic rings. The van der Waals surface area contributed by atoms with Gasteiger partial charge in [0.05, 0.1) is 18.5 Å². The van der Waals surface area contributed by atoms with E-state index in [4.69, 9.17) is 10.5 Å². The third kappa shape index (κ3) is 3.09. The molecule has 22 heavy (non-hydrogen) atoms. The van der Waals surface area contributed by atoms with E-state index >= 15 is 0 Å². The standard InChI is InChI=1S/C17H14BrN3O/c1-22-14-7-3-5-12(9-14)16-10-15(20-17(19)21-16)11-4-2-6-13(18)8-11/h2-10H,1H3,(H2,19,20,21). The molecule has 110 valence electrons. The van der Waals surface area contributed by atoms with Gasteiger partial charge in [0, 0.05) is 15.6 Å². The summed E-state index contributed by atoms with van der Waals surface area (Å²) in [7, 11) is 1.64. The second-order valence-electron chi connectivity index (χ2n) is 4.74. The minimum absolute atomic E-state index is 0.246. The molecule has 2 N–H and O–H groups in total. The molecule has 0 bridgehead atoms. The summed E-state index contributed by atoms with van der Waals surface area (Å²) in [6, 6.07) is 17.5. The van der Waals surface area contributed by atoms with Crippen molar-refractivity contribution >= 4 is 21.9 Å². The van der Waals surface area contributed by atoms with E-state index in [1.807, 2.05) is 54.6 Å². The molecule has 2 aromatic carbocycles. The van der Waals surface area contributed by atoms with Crippen LogP contribution in [0.4, 0.5) is 5.95 Å². The maximum atomic E-state index is 5.88. The van der Waals surface area contributed by atoms with Gasteiger partial charge in [-0.25, -0.2) is 9.97 Å². The average Bonchev–Trinajstić information content (AvgIpc) is 2.54. The Morgan fingerprint density at radius 1 is 0.909 bits per heavy atom. The van der Waals surface area contributed by atoms with Gasteiger partial charge in [0.2, 0.25) is 5.95 Å². The van der Waals surface area contributed by atoms with Gasteiger partial charge in [-0.05, 0) is 30.3 Å². The van der Waals surface area contributed by atoms with Crippen molar-refractivity contribution in [3.05, 3.63) is 59.1 Å². The zero-order chi connectivity index (χ0) is 15.5. The molecule has 0 radical (unpaired) electrons. The molecule has 0 saturated carbocycles. The van der Waals surface area contributed by atoms with Gasteiger partial charge >= 0.3 is 0 Å². The van der Waals surface area contributed by atoms with Crippen LogP contribution in [0.2, 0.25) is 0 Å². The molecule has 0 aliphatic heterocycles. The molecule has 3 rings (SSSR count). The normalized spacial score (nSPS) is 10.5. The minimum atomic E-state index is 0.246. The van der Waals surface area contributed by atoms with Crippen LogP contribution >= 0.6 is 15.9 Å². The fourth-order valence-corrected chi connectivity index (χ4v) is 2.59. The number of nitrogen functional groups attached to an aromatic ring is 1. The third-order valence-electron chi connectivity index (χ3n) is 3.23. The van der Waals surface area contributed by atoms with Gasteiger partial charge in [0.15, 0.2) is 0 Å². The van der Waals surface area contributed by atoms with E-state index in [0.29, 0.717) is 0 Å². The second kappa shape index (κ2) is 6.15. The molecule has 0 saturated heterocycles. The molecule has 1 heterocycles. The number of halogens is 1.